The smallest absolute Gasteiger partial charge is 0.148 e. The van der Waals surface area contributed by atoms with Crippen LogP contribution in [0.1, 0.15) is 0 Å². The second-order valence-corrected chi connectivity index (χ2v) is 7.70. The summed E-state index contributed by atoms with van der Waals surface area (Å²) in [6.07, 6.45) is 11.8. The van der Waals surface area contributed by atoms with Crippen molar-refractivity contribution in [1.29, 1.82) is 0 Å². The molecule has 13 heteroatoms. The van der Waals surface area contributed by atoms with Crippen LogP contribution in [0.2, 0.25) is 5.02 Å². The highest BCUT2D eigenvalue weighted by atomic mass is 35.5. The van der Waals surface area contributed by atoms with Crippen LogP contribution < -0.4 is 28.7 Å². The Morgan fingerprint density at radius 2 is 1.46 bits per heavy atom. The Labute approximate surface area is 228 Å². The van der Waals surface area contributed by atoms with E-state index >= 15 is 0 Å². The molecule has 0 radical (unpaired) electrons. The Morgan fingerprint density at radius 1 is 0.821 bits per heavy atom. The van der Waals surface area contributed by atoms with Crippen LogP contribution in [0.15, 0.2) is 101 Å². The lowest BCUT2D eigenvalue weighted by atomic mass is 10.2. The van der Waals surface area contributed by atoms with Gasteiger partial charge >= 0.3 is 0 Å². The fourth-order valence-electron chi connectivity index (χ4n) is 2.60. The lowest BCUT2D eigenvalue weighted by Crippen LogP contribution is -1.94. The van der Waals surface area contributed by atoms with Gasteiger partial charge in [-0.25, -0.2) is 23.7 Å². The maximum absolute atomic E-state index is 13.0. The molecule has 4 aromatic rings. The largest absolute Gasteiger partial charge is 0.405 e. The van der Waals surface area contributed by atoms with E-state index in [-0.39, 0.29) is 11.4 Å². The number of allylic oxidation sites excluding steroid dienone is 1. The molecule has 0 bridgehead atoms. The first-order valence-electron chi connectivity index (χ1n) is 11.1. The van der Waals surface area contributed by atoms with Gasteiger partial charge in [0, 0.05) is 36.4 Å². The number of anilines is 3. The Morgan fingerprint density at radius 3 is 2.03 bits per heavy atom. The van der Waals surface area contributed by atoms with Gasteiger partial charge in [-0.15, -0.1) is 0 Å². The Balaban J connectivity index is 0.000000205. The average molecular weight is 553 g/mol. The van der Waals surface area contributed by atoms with E-state index in [0.717, 1.165) is 6.34 Å². The van der Waals surface area contributed by atoms with Crippen molar-refractivity contribution < 1.29 is 8.78 Å². The number of nitrogens with zero attached hydrogens (tertiary/aromatic N) is 5. The zero-order chi connectivity index (χ0) is 28.6. The van der Waals surface area contributed by atoms with Crippen LogP contribution >= 0.6 is 11.6 Å². The van der Waals surface area contributed by atoms with Crippen LogP contribution in [0.4, 0.5) is 37.2 Å². The Bertz CT molecular complexity index is 1380. The summed E-state index contributed by atoms with van der Waals surface area (Å²) in [6, 6.07) is 14.1. The molecule has 0 unspecified atom stereocenters. The minimum atomic E-state index is -0.466. The monoisotopic (exact) mass is 552 g/mol. The lowest BCUT2D eigenvalue weighted by molar-refractivity contribution is 0.631. The molecule has 39 heavy (non-hydrogen) atoms. The quantitative estimate of drug-likeness (QED) is 0.135. The van der Waals surface area contributed by atoms with Gasteiger partial charge in [-0.1, -0.05) is 11.6 Å². The zero-order valence-corrected chi connectivity index (χ0v) is 21.3. The third-order valence-electron chi connectivity index (χ3n) is 4.53. The van der Waals surface area contributed by atoms with Crippen molar-refractivity contribution >= 4 is 58.9 Å². The fraction of sp³-hybridized carbons (Fsp3) is 0. The molecule has 1 heterocycles. The average Bonchev–Trinajstić information content (AvgIpc) is 3.46. The van der Waals surface area contributed by atoms with Gasteiger partial charge in [0.15, 0.2) is 0 Å². The topological polar surface area (TPSA) is 185 Å². The van der Waals surface area contributed by atoms with E-state index in [1.807, 2.05) is 0 Å². The highest BCUT2D eigenvalue weighted by Crippen LogP contribution is 2.24. The number of aliphatic imine (C=N–C) groups is 3. The van der Waals surface area contributed by atoms with Gasteiger partial charge in [-0.05, 0) is 54.7 Å². The molecule has 0 atom stereocenters. The maximum atomic E-state index is 13.0. The van der Waals surface area contributed by atoms with Crippen LogP contribution in [0.3, 0.4) is 0 Å². The molecule has 202 valence electrons. The number of halogens is 3. The molecule has 3 aromatic carbocycles. The molecule has 0 fully saturated rings. The molecule has 0 saturated carbocycles. The van der Waals surface area contributed by atoms with Gasteiger partial charge in [0.25, 0.3) is 0 Å². The molecule has 0 spiro atoms. The fourth-order valence-corrected chi connectivity index (χ4v) is 2.77. The first-order chi connectivity index (χ1) is 18.7. The SMILES string of the molecule is NC=CC=Nc1ccc(N)c(F)c1.NC=NC=Nc1ccc(N)c(Cl)c1.Nc1ccc(-n2ccnc2)cc1F. The Kier molecular flexibility index (Phi) is 12.1. The molecule has 0 saturated heterocycles. The number of nitrogens with two attached hydrogens (primary N) is 5. The summed E-state index contributed by atoms with van der Waals surface area (Å²) in [4.78, 5) is 15.3. The molecular weight excluding hydrogens is 526 g/mol. The van der Waals surface area contributed by atoms with Crippen molar-refractivity contribution in [2.24, 2.45) is 26.4 Å². The predicted octanol–water partition coefficient (Wildman–Crippen LogP) is 4.75. The van der Waals surface area contributed by atoms with E-state index in [1.165, 1.54) is 43.0 Å². The summed E-state index contributed by atoms with van der Waals surface area (Å²) in [5.41, 5.74) is 28.9. The summed E-state index contributed by atoms with van der Waals surface area (Å²) in [5.74, 6) is -0.877. The number of hydrogen-bond donors (Lipinski definition) is 5. The number of imidazole rings is 1. The highest BCUT2D eigenvalue weighted by molar-refractivity contribution is 6.33. The van der Waals surface area contributed by atoms with Gasteiger partial charge in [0.2, 0.25) is 0 Å². The maximum Gasteiger partial charge on any atom is 0.148 e. The summed E-state index contributed by atoms with van der Waals surface area (Å²) in [5, 5.41) is 0.478. The van der Waals surface area contributed by atoms with Crippen molar-refractivity contribution in [3.05, 3.63) is 102 Å². The summed E-state index contributed by atoms with van der Waals surface area (Å²) >= 11 is 5.76. The van der Waals surface area contributed by atoms with E-state index in [2.05, 4.69) is 20.0 Å². The minimum absolute atomic E-state index is 0.119. The standard InChI is InChI=1S/C9H8FN3.C9H10FN3.C8H9ClN4/c10-8-5-7(1-2-9(8)11)13-4-3-12-6-13;10-8-6-7(2-3-9(8)12)13-5-1-4-11;9-7-3-6(1-2-8(7)11)13-5-12-4-10/h1-6H,11H2;1-6H,11-12H2;1-5H,11H2,(H2,10,12,13). The van der Waals surface area contributed by atoms with Crippen molar-refractivity contribution in [3.63, 3.8) is 0 Å². The zero-order valence-electron chi connectivity index (χ0n) is 20.6. The number of benzene rings is 3. The lowest BCUT2D eigenvalue weighted by Gasteiger charge is -2.02. The van der Waals surface area contributed by atoms with Gasteiger partial charge in [0.1, 0.15) is 18.0 Å². The first-order valence-corrected chi connectivity index (χ1v) is 11.4. The van der Waals surface area contributed by atoms with Crippen molar-refractivity contribution in [2.45, 2.75) is 0 Å². The number of nitrogen functional groups attached to an aromatic ring is 3. The van der Waals surface area contributed by atoms with Crippen LogP contribution in [0, 0.1) is 11.6 Å². The third-order valence-corrected chi connectivity index (χ3v) is 4.86. The first kappa shape index (κ1) is 30.0. The molecule has 0 aliphatic heterocycles. The summed E-state index contributed by atoms with van der Waals surface area (Å²) in [7, 11) is 0. The van der Waals surface area contributed by atoms with Crippen LogP contribution in [0.25, 0.3) is 5.69 Å². The second-order valence-electron chi connectivity index (χ2n) is 7.29. The van der Waals surface area contributed by atoms with Gasteiger partial charge < -0.3 is 33.2 Å². The molecule has 10 N–H and O–H groups in total. The van der Waals surface area contributed by atoms with Gasteiger partial charge in [-0.3, -0.25) is 4.99 Å². The number of hydrogen-bond acceptors (Lipinski definition) is 7. The van der Waals surface area contributed by atoms with E-state index in [9.17, 15) is 8.78 Å². The van der Waals surface area contributed by atoms with E-state index in [1.54, 1.807) is 59.7 Å². The summed E-state index contributed by atoms with van der Waals surface area (Å²) in [6.45, 7) is 0. The molecular formula is C26H27ClF2N10. The van der Waals surface area contributed by atoms with Crippen molar-refractivity contribution in [1.82, 2.24) is 9.55 Å². The van der Waals surface area contributed by atoms with Crippen molar-refractivity contribution in [2.75, 3.05) is 17.2 Å². The molecule has 0 aliphatic rings. The van der Waals surface area contributed by atoms with Crippen LogP contribution in [-0.4, -0.2) is 28.4 Å². The molecule has 0 amide bonds. The van der Waals surface area contributed by atoms with E-state index in [4.69, 9.17) is 40.3 Å². The molecule has 0 aliphatic carbocycles. The van der Waals surface area contributed by atoms with Gasteiger partial charge in [-0.2, -0.15) is 0 Å². The van der Waals surface area contributed by atoms with Crippen molar-refractivity contribution in [3.8, 4) is 5.69 Å². The number of aromatic nitrogens is 2. The Hall–Kier alpha value is -5.23. The second kappa shape index (κ2) is 15.8. The third kappa shape index (κ3) is 10.3. The number of rotatable bonds is 5. The normalized spacial score (nSPS) is 11.1. The highest BCUT2D eigenvalue weighted by Gasteiger charge is 2.00. The molecule has 1 aromatic heterocycles. The predicted molar refractivity (Wildman–Crippen MR) is 157 cm³/mol. The van der Waals surface area contributed by atoms with E-state index < -0.39 is 11.6 Å². The molecule has 10 nitrogen and oxygen atoms in total. The van der Waals surface area contributed by atoms with Crippen LogP contribution in [0.5, 0.6) is 0 Å². The minimum Gasteiger partial charge on any atom is -0.405 e. The molecule has 4 rings (SSSR count). The summed E-state index contributed by atoms with van der Waals surface area (Å²) < 4.78 is 27.6. The van der Waals surface area contributed by atoms with Crippen LogP contribution in [-0.2, 0) is 0 Å². The van der Waals surface area contributed by atoms with E-state index in [0.29, 0.717) is 27.8 Å². The van der Waals surface area contributed by atoms with Gasteiger partial charge in [0.05, 0.1) is 46.1 Å².